The highest BCUT2D eigenvalue weighted by atomic mass is 15.6. The van der Waals surface area contributed by atoms with E-state index in [0.29, 0.717) is 0 Å². The number of allylic oxidation sites excluding steroid dienone is 1. The van der Waals surface area contributed by atoms with E-state index in [9.17, 15) is 0 Å². The van der Waals surface area contributed by atoms with Gasteiger partial charge in [-0.1, -0.05) is 0 Å². The first-order valence-corrected chi connectivity index (χ1v) is 2.75. The molecule has 2 aliphatic heterocycles. The first-order chi connectivity index (χ1) is 4.47. The van der Waals surface area contributed by atoms with E-state index in [0.717, 1.165) is 0 Å². The van der Waals surface area contributed by atoms with Gasteiger partial charge >= 0.3 is 0 Å². The predicted molar refractivity (Wildman–Crippen MR) is 34.9 cm³/mol. The van der Waals surface area contributed by atoms with Gasteiger partial charge in [0, 0.05) is 6.21 Å². The van der Waals surface area contributed by atoms with Crippen LogP contribution in [0.5, 0.6) is 0 Å². The summed E-state index contributed by atoms with van der Waals surface area (Å²) in [7, 11) is 0. The molecule has 0 aromatic heterocycles. The Morgan fingerprint density at radius 2 is 2.56 bits per heavy atom. The van der Waals surface area contributed by atoms with E-state index in [1.807, 2.05) is 12.2 Å². The molecule has 0 radical (unpaired) electrons. The second-order valence-electron chi connectivity index (χ2n) is 1.85. The van der Waals surface area contributed by atoms with Crippen LogP contribution >= 0.6 is 0 Å². The van der Waals surface area contributed by atoms with Gasteiger partial charge in [0.05, 0.1) is 0 Å². The van der Waals surface area contributed by atoms with Gasteiger partial charge in [0.15, 0.2) is 6.17 Å². The average Bonchev–Trinajstić information content (AvgIpc) is 2.33. The van der Waals surface area contributed by atoms with Crippen LogP contribution in [0.4, 0.5) is 0 Å². The number of hydrogen-bond acceptors (Lipinski definition) is 4. The molecule has 0 bridgehead atoms. The molecule has 1 N–H and O–H groups in total. The van der Waals surface area contributed by atoms with Gasteiger partial charge in [0.1, 0.15) is 6.34 Å². The Kier molecular flexibility index (Phi) is 0.798. The molecule has 0 aliphatic carbocycles. The normalized spacial score (nSPS) is 28.4. The fourth-order valence-electron chi connectivity index (χ4n) is 0.803. The maximum absolute atomic E-state index is 4.00. The van der Waals surface area contributed by atoms with Crippen LogP contribution in [0.25, 0.3) is 0 Å². The van der Waals surface area contributed by atoms with Crippen molar-refractivity contribution in [2.75, 3.05) is 0 Å². The minimum atomic E-state index is 0.148. The van der Waals surface area contributed by atoms with Crippen molar-refractivity contribution in [2.24, 2.45) is 10.2 Å². The number of nitrogens with zero attached hydrogens (tertiary/aromatic N) is 3. The van der Waals surface area contributed by atoms with Gasteiger partial charge < -0.3 is 0 Å². The Bertz CT molecular complexity index is 193. The summed E-state index contributed by atoms with van der Waals surface area (Å²) in [6.07, 6.45) is 7.42. The molecule has 1 atom stereocenters. The fraction of sp³-hybridized carbons (Fsp3) is 0.200. The fourth-order valence-corrected chi connectivity index (χ4v) is 0.803. The zero-order valence-corrected chi connectivity index (χ0v) is 4.73. The predicted octanol–water partition coefficient (Wildman–Crippen LogP) is -0.283. The SMILES string of the molecule is C1=CC2NN=CN2N=C1. The molecular weight excluding hydrogens is 116 g/mol. The summed E-state index contributed by atoms with van der Waals surface area (Å²) in [5.41, 5.74) is 2.85. The first kappa shape index (κ1) is 4.55. The molecule has 4 nitrogen and oxygen atoms in total. The van der Waals surface area contributed by atoms with Crippen molar-refractivity contribution in [3.8, 4) is 0 Å². The smallest absolute Gasteiger partial charge is 0.156 e. The molecular formula is C5H6N4. The zero-order valence-electron chi connectivity index (χ0n) is 4.73. The second-order valence-corrected chi connectivity index (χ2v) is 1.85. The molecule has 2 heterocycles. The van der Waals surface area contributed by atoms with Crippen molar-refractivity contribution in [3.05, 3.63) is 12.2 Å². The van der Waals surface area contributed by atoms with Crippen LogP contribution in [-0.2, 0) is 0 Å². The van der Waals surface area contributed by atoms with Gasteiger partial charge in [0.2, 0.25) is 0 Å². The lowest BCUT2D eigenvalue weighted by Gasteiger charge is -2.16. The lowest BCUT2D eigenvalue weighted by molar-refractivity contribution is 0.373. The van der Waals surface area contributed by atoms with E-state index in [-0.39, 0.29) is 6.17 Å². The van der Waals surface area contributed by atoms with Crippen molar-refractivity contribution in [2.45, 2.75) is 6.17 Å². The molecule has 0 spiro atoms. The summed E-state index contributed by atoms with van der Waals surface area (Å²) in [6.45, 7) is 0. The summed E-state index contributed by atoms with van der Waals surface area (Å²) < 4.78 is 0. The van der Waals surface area contributed by atoms with Gasteiger partial charge in [-0.3, -0.25) is 5.43 Å². The highest BCUT2D eigenvalue weighted by Crippen LogP contribution is 2.04. The highest BCUT2D eigenvalue weighted by molar-refractivity contribution is 5.74. The van der Waals surface area contributed by atoms with E-state index in [4.69, 9.17) is 0 Å². The third-order valence-electron chi connectivity index (χ3n) is 1.25. The van der Waals surface area contributed by atoms with E-state index in [2.05, 4.69) is 15.6 Å². The molecule has 0 amide bonds. The first-order valence-electron chi connectivity index (χ1n) is 2.75. The van der Waals surface area contributed by atoms with Gasteiger partial charge in [0.25, 0.3) is 0 Å². The molecule has 0 saturated heterocycles. The summed E-state index contributed by atoms with van der Waals surface area (Å²) in [5.74, 6) is 0. The second kappa shape index (κ2) is 1.58. The number of fused-ring (bicyclic) bond motifs is 1. The topological polar surface area (TPSA) is 40.0 Å². The van der Waals surface area contributed by atoms with Crippen LogP contribution in [-0.4, -0.2) is 23.7 Å². The average molecular weight is 122 g/mol. The lowest BCUT2D eigenvalue weighted by Crippen LogP contribution is -2.32. The summed E-state index contributed by atoms with van der Waals surface area (Å²) >= 11 is 0. The van der Waals surface area contributed by atoms with Gasteiger partial charge in [-0.2, -0.15) is 10.2 Å². The van der Waals surface area contributed by atoms with Crippen molar-refractivity contribution in [1.29, 1.82) is 0 Å². The Balaban J connectivity index is 2.25. The molecule has 2 rings (SSSR count). The molecule has 2 aliphatic rings. The Morgan fingerprint density at radius 1 is 1.56 bits per heavy atom. The third-order valence-corrected chi connectivity index (χ3v) is 1.25. The Morgan fingerprint density at radius 3 is 3.44 bits per heavy atom. The monoisotopic (exact) mass is 122 g/mol. The van der Waals surface area contributed by atoms with Crippen LogP contribution in [0.2, 0.25) is 0 Å². The molecule has 1 unspecified atom stereocenters. The number of hydrogen-bond donors (Lipinski definition) is 1. The molecule has 9 heavy (non-hydrogen) atoms. The van der Waals surface area contributed by atoms with E-state index < -0.39 is 0 Å². The van der Waals surface area contributed by atoms with Crippen LogP contribution in [0, 0.1) is 0 Å². The zero-order chi connectivity index (χ0) is 6.10. The maximum Gasteiger partial charge on any atom is 0.156 e. The van der Waals surface area contributed by atoms with Crippen LogP contribution in [0.1, 0.15) is 0 Å². The largest absolute Gasteiger partial charge is 0.281 e. The van der Waals surface area contributed by atoms with E-state index in [1.165, 1.54) is 0 Å². The highest BCUT2D eigenvalue weighted by Gasteiger charge is 2.16. The van der Waals surface area contributed by atoms with Gasteiger partial charge in [-0.15, -0.1) is 0 Å². The molecule has 46 valence electrons. The van der Waals surface area contributed by atoms with Gasteiger partial charge in [-0.25, -0.2) is 5.01 Å². The molecule has 0 saturated carbocycles. The van der Waals surface area contributed by atoms with Crippen molar-refractivity contribution < 1.29 is 0 Å². The van der Waals surface area contributed by atoms with E-state index in [1.54, 1.807) is 17.6 Å². The molecule has 0 fully saturated rings. The molecule has 4 heteroatoms. The van der Waals surface area contributed by atoms with Crippen LogP contribution in [0.3, 0.4) is 0 Å². The Hall–Kier alpha value is -1.32. The number of nitrogens with one attached hydrogen (secondary N) is 1. The Labute approximate surface area is 52.5 Å². The minimum absolute atomic E-state index is 0.148. The summed E-state index contributed by atoms with van der Waals surface area (Å²) in [6, 6.07) is 0. The third kappa shape index (κ3) is 0.595. The maximum atomic E-state index is 4.00. The van der Waals surface area contributed by atoms with Crippen LogP contribution < -0.4 is 5.43 Å². The standard InChI is InChI=1S/C5H6N4/c1-2-5-8-6-4-9(5)7-3-1/h1-5,8H. The van der Waals surface area contributed by atoms with Crippen molar-refractivity contribution in [3.63, 3.8) is 0 Å². The van der Waals surface area contributed by atoms with Crippen LogP contribution in [0.15, 0.2) is 22.4 Å². The van der Waals surface area contributed by atoms with E-state index >= 15 is 0 Å². The van der Waals surface area contributed by atoms with Crippen molar-refractivity contribution in [1.82, 2.24) is 10.4 Å². The number of hydrazone groups is 2. The van der Waals surface area contributed by atoms with Crippen molar-refractivity contribution >= 4 is 12.6 Å². The quantitative estimate of drug-likeness (QED) is 0.480. The molecule has 0 aromatic carbocycles. The number of rotatable bonds is 0. The summed E-state index contributed by atoms with van der Waals surface area (Å²) in [4.78, 5) is 0. The lowest BCUT2D eigenvalue weighted by atomic mass is 10.4. The minimum Gasteiger partial charge on any atom is -0.281 e. The van der Waals surface area contributed by atoms with Gasteiger partial charge in [-0.05, 0) is 12.2 Å². The molecule has 0 aromatic rings. The summed E-state index contributed by atoms with van der Waals surface area (Å²) in [5, 5.41) is 9.56.